The van der Waals surface area contributed by atoms with Crippen LogP contribution in [-0.2, 0) is 0 Å². The Morgan fingerprint density at radius 2 is 1.33 bits per heavy atom. The molecule has 0 rings (SSSR count). The largest absolute Gasteiger partial charge is 0.381 e. The summed E-state index contributed by atoms with van der Waals surface area (Å²) in [5.74, 6) is 0. The summed E-state index contributed by atoms with van der Waals surface area (Å²) in [6.45, 7) is 17.0. The normalized spacial score (nSPS) is 13.7. The summed E-state index contributed by atoms with van der Waals surface area (Å²) in [6, 6.07) is 0. The second kappa shape index (κ2) is 7.43. The molecule has 0 saturated carbocycles. The minimum atomic E-state index is 0.113. The Balaban J connectivity index is 4.44. The molecule has 110 valence electrons. The second-order valence-electron chi connectivity index (χ2n) is 7.57. The molecule has 0 heterocycles. The topological polar surface area (TPSA) is 38.7 Å². The van der Waals surface area contributed by atoms with Crippen molar-refractivity contribution in [2.75, 3.05) is 40.2 Å². The number of rotatable bonds is 7. The van der Waals surface area contributed by atoms with Crippen molar-refractivity contribution in [2.45, 2.75) is 41.5 Å². The van der Waals surface area contributed by atoms with Crippen molar-refractivity contribution in [3.05, 3.63) is 0 Å². The van der Waals surface area contributed by atoms with Gasteiger partial charge in [-0.05, 0) is 17.9 Å². The summed E-state index contributed by atoms with van der Waals surface area (Å²) in [5.41, 5.74) is 0.468. The number of aliphatic hydroxyl groups excluding tert-OH is 1. The van der Waals surface area contributed by atoms with Crippen LogP contribution in [0, 0.1) is 10.8 Å². The van der Waals surface area contributed by atoms with E-state index in [2.05, 4.69) is 56.7 Å². The van der Waals surface area contributed by atoms with Crippen LogP contribution < -0.4 is 5.32 Å². The molecule has 0 atom stereocenters. The van der Waals surface area contributed by atoms with Gasteiger partial charge in [-0.1, -0.05) is 41.5 Å². The first kappa shape index (κ1) is 17.8. The number of nitrogens with one attached hydrogen (secondary N) is 1. The van der Waals surface area contributed by atoms with Gasteiger partial charge in [0.25, 0.3) is 0 Å². The van der Waals surface area contributed by atoms with Gasteiger partial charge in [0.2, 0.25) is 0 Å². The Morgan fingerprint density at radius 1 is 0.889 bits per heavy atom. The number of nitrogens with zero attached hydrogens (tertiary/aromatic N) is 2. The molecule has 0 unspecified atom stereocenters. The van der Waals surface area contributed by atoms with Gasteiger partial charge in [-0.15, -0.1) is 0 Å². The van der Waals surface area contributed by atoms with Crippen LogP contribution >= 0.6 is 0 Å². The van der Waals surface area contributed by atoms with Gasteiger partial charge < -0.3 is 10.4 Å². The van der Waals surface area contributed by atoms with Crippen LogP contribution in [-0.4, -0.2) is 55.1 Å². The van der Waals surface area contributed by atoms with Crippen LogP contribution in [0.3, 0.4) is 0 Å². The molecule has 0 spiro atoms. The predicted molar refractivity (Wildman–Crippen MR) is 78.2 cm³/mol. The van der Waals surface area contributed by atoms with Gasteiger partial charge in [-0.2, -0.15) is 0 Å². The van der Waals surface area contributed by atoms with E-state index in [4.69, 9.17) is 0 Å². The quantitative estimate of drug-likeness (QED) is 0.684. The Labute approximate surface area is 113 Å². The molecule has 0 fully saturated rings. The fourth-order valence-electron chi connectivity index (χ4n) is 2.15. The van der Waals surface area contributed by atoms with E-state index in [1.807, 2.05) is 7.05 Å². The SMILES string of the molecule is CNCN(CN(CO)CC(C)(C)C)CC(C)(C)C. The van der Waals surface area contributed by atoms with Gasteiger partial charge in [0.1, 0.15) is 0 Å². The van der Waals surface area contributed by atoms with Crippen LogP contribution in [0.15, 0.2) is 0 Å². The van der Waals surface area contributed by atoms with E-state index in [9.17, 15) is 5.11 Å². The lowest BCUT2D eigenvalue weighted by Gasteiger charge is -2.36. The van der Waals surface area contributed by atoms with Gasteiger partial charge in [0, 0.05) is 19.8 Å². The van der Waals surface area contributed by atoms with Crippen molar-refractivity contribution >= 4 is 0 Å². The van der Waals surface area contributed by atoms with E-state index >= 15 is 0 Å². The highest BCUT2D eigenvalue weighted by Gasteiger charge is 2.21. The van der Waals surface area contributed by atoms with Crippen molar-refractivity contribution in [2.24, 2.45) is 10.8 Å². The van der Waals surface area contributed by atoms with E-state index < -0.39 is 0 Å². The zero-order valence-electron chi connectivity index (χ0n) is 13.4. The molecule has 18 heavy (non-hydrogen) atoms. The first-order valence-corrected chi connectivity index (χ1v) is 6.77. The summed E-state index contributed by atoms with van der Waals surface area (Å²) in [6.07, 6.45) is 0. The minimum absolute atomic E-state index is 0.113. The fraction of sp³-hybridized carbons (Fsp3) is 1.00. The summed E-state index contributed by atoms with van der Waals surface area (Å²) in [7, 11) is 1.96. The van der Waals surface area contributed by atoms with Crippen molar-refractivity contribution in [1.82, 2.24) is 15.1 Å². The van der Waals surface area contributed by atoms with Crippen molar-refractivity contribution in [3.63, 3.8) is 0 Å². The zero-order chi connectivity index (χ0) is 14.4. The summed E-state index contributed by atoms with van der Waals surface area (Å²) < 4.78 is 0. The molecule has 0 aliphatic heterocycles. The Bertz CT molecular complexity index is 218. The lowest BCUT2D eigenvalue weighted by Crippen LogP contribution is -2.47. The molecule has 0 radical (unpaired) electrons. The molecule has 0 bridgehead atoms. The molecule has 0 aromatic carbocycles. The average molecular weight is 259 g/mol. The lowest BCUT2D eigenvalue weighted by atomic mass is 9.95. The average Bonchev–Trinajstić information content (AvgIpc) is 2.12. The summed E-state index contributed by atoms with van der Waals surface area (Å²) in [5, 5.41) is 12.7. The highest BCUT2D eigenvalue weighted by atomic mass is 16.3. The maximum absolute atomic E-state index is 9.48. The fourth-order valence-corrected chi connectivity index (χ4v) is 2.15. The van der Waals surface area contributed by atoms with E-state index in [0.29, 0.717) is 0 Å². The summed E-state index contributed by atoms with van der Waals surface area (Å²) in [4.78, 5) is 4.42. The zero-order valence-corrected chi connectivity index (χ0v) is 13.4. The molecule has 0 saturated heterocycles. The van der Waals surface area contributed by atoms with E-state index in [0.717, 1.165) is 26.4 Å². The number of hydrogen-bond donors (Lipinski definition) is 2. The van der Waals surface area contributed by atoms with E-state index in [1.165, 1.54) is 0 Å². The summed E-state index contributed by atoms with van der Waals surface area (Å²) >= 11 is 0. The highest BCUT2D eigenvalue weighted by Crippen LogP contribution is 2.17. The predicted octanol–water partition coefficient (Wildman–Crippen LogP) is 1.77. The number of aliphatic hydroxyl groups is 1. The molecule has 4 nitrogen and oxygen atoms in total. The van der Waals surface area contributed by atoms with E-state index in [1.54, 1.807) is 0 Å². The van der Waals surface area contributed by atoms with Crippen molar-refractivity contribution in [3.8, 4) is 0 Å². The molecule has 0 amide bonds. The van der Waals surface area contributed by atoms with Gasteiger partial charge >= 0.3 is 0 Å². The van der Waals surface area contributed by atoms with Crippen LogP contribution in [0.4, 0.5) is 0 Å². The van der Waals surface area contributed by atoms with Crippen molar-refractivity contribution in [1.29, 1.82) is 0 Å². The third-order valence-corrected chi connectivity index (χ3v) is 2.38. The minimum Gasteiger partial charge on any atom is -0.381 e. The Kier molecular flexibility index (Phi) is 7.37. The molecule has 0 aliphatic rings. The maximum atomic E-state index is 9.48. The second-order valence-corrected chi connectivity index (χ2v) is 7.57. The van der Waals surface area contributed by atoms with Gasteiger partial charge in [-0.3, -0.25) is 9.80 Å². The molecular weight excluding hydrogens is 226 g/mol. The van der Waals surface area contributed by atoms with E-state index in [-0.39, 0.29) is 17.6 Å². The van der Waals surface area contributed by atoms with Crippen LogP contribution in [0.2, 0.25) is 0 Å². The Morgan fingerprint density at radius 3 is 1.67 bits per heavy atom. The number of hydrogen-bond acceptors (Lipinski definition) is 4. The smallest absolute Gasteiger partial charge is 0.0966 e. The molecule has 0 aromatic heterocycles. The maximum Gasteiger partial charge on any atom is 0.0966 e. The van der Waals surface area contributed by atoms with Crippen LogP contribution in [0.5, 0.6) is 0 Å². The molecule has 2 N–H and O–H groups in total. The molecule has 0 aromatic rings. The Hall–Kier alpha value is -0.160. The van der Waals surface area contributed by atoms with Crippen LogP contribution in [0.25, 0.3) is 0 Å². The van der Waals surface area contributed by atoms with Gasteiger partial charge in [-0.25, -0.2) is 0 Å². The van der Waals surface area contributed by atoms with Crippen molar-refractivity contribution < 1.29 is 5.11 Å². The molecular formula is C14H33N3O. The third kappa shape index (κ3) is 9.83. The van der Waals surface area contributed by atoms with Crippen LogP contribution in [0.1, 0.15) is 41.5 Å². The monoisotopic (exact) mass is 259 g/mol. The standard InChI is InChI=1S/C14H33N3O/c1-13(2,3)8-16(10-15-7)11-17(12-18)9-14(4,5)6/h15,18H,8-12H2,1-7H3. The lowest BCUT2D eigenvalue weighted by molar-refractivity contribution is 0.0138. The molecule has 4 heteroatoms. The van der Waals surface area contributed by atoms with Gasteiger partial charge in [0.05, 0.1) is 13.4 Å². The first-order valence-electron chi connectivity index (χ1n) is 6.77. The van der Waals surface area contributed by atoms with Gasteiger partial charge in [0.15, 0.2) is 0 Å². The highest BCUT2D eigenvalue weighted by molar-refractivity contribution is 4.71. The third-order valence-electron chi connectivity index (χ3n) is 2.38. The molecule has 0 aliphatic carbocycles. The first-order chi connectivity index (χ1) is 8.07.